The molecule has 0 radical (unpaired) electrons. The summed E-state index contributed by atoms with van der Waals surface area (Å²) >= 11 is 0. The van der Waals surface area contributed by atoms with Gasteiger partial charge in [-0.15, -0.1) is 0 Å². The first-order valence-electron chi connectivity index (χ1n) is 14.8. The van der Waals surface area contributed by atoms with Crippen LogP contribution in [0.1, 0.15) is 67.8 Å². The minimum absolute atomic E-state index is 0.0400. The molecule has 0 heterocycles. The van der Waals surface area contributed by atoms with Crippen LogP contribution in [0.4, 0.5) is 5.69 Å². The number of carbonyl (C=O) groups excluding carboxylic acids is 1. The number of methoxy groups -OCH3 is 1. The molecule has 0 aliphatic carbocycles. The first-order valence-corrected chi connectivity index (χ1v) is 19.6. The second kappa shape index (κ2) is 14.3. The van der Waals surface area contributed by atoms with Crippen LogP contribution in [0.5, 0.6) is 5.75 Å². The van der Waals surface area contributed by atoms with E-state index in [0.717, 1.165) is 22.9 Å². The van der Waals surface area contributed by atoms with Gasteiger partial charge in [-0.3, -0.25) is 4.72 Å². The fourth-order valence-corrected chi connectivity index (χ4v) is 6.36. The van der Waals surface area contributed by atoms with Gasteiger partial charge in [-0.1, -0.05) is 69.3 Å². The Morgan fingerprint density at radius 2 is 1.57 bits per heavy atom. The van der Waals surface area contributed by atoms with Gasteiger partial charge in [0.25, 0.3) is 0 Å². The molecule has 0 bridgehead atoms. The van der Waals surface area contributed by atoms with Crippen LogP contribution in [-0.4, -0.2) is 48.2 Å². The van der Waals surface area contributed by atoms with Gasteiger partial charge < -0.3 is 19.2 Å². The van der Waals surface area contributed by atoms with Crippen LogP contribution in [0.25, 0.3) is 0 Å². The van der Waals surface area contributed by atoms with E-state index in [1.165, 1.54) is 7.11 Å². The zero-order valence-electron chi connectivity index (χ0n) is 27.5. The number of sulfonamides is 1. The van der Waals surface area contributed by atoms with Crippen LogP contribution in [0.15, 0.2) is 72.8 Å². The highest BCUT2D eigenvalue weighted by Crippen LogP contribution is 2.41. The van der Waals surface area contributed by atoms with Gasteiger partial charge in [0.15, 0.2) is 8.32 Å². The molecule has 240 valence electrons. The summed E-state index contributed by atoms with van der Waals surface area (Å²) in [7, 11) is -4.44. The number of rotatable bonds is 14. The predicted octanol–water partition coefficient (Wildman–Crippen LogP) is 7.10. The standard InChI is InChI=1S/C34H48N2O6SSi/c1-33(2,3)44(8,9)42-31(23-35-34(4,5)22-26-16-13-17-28(20-26)32(37)40-6)27-18-19-30(29(21-27)36-43(7,38)39)41-24-25-14-11-10-12-15-25/h10-21,31,35-36H,22-24H2,1-9H3/t31-/m1/s1. The number of ether oxygens (including phenoxy) is 2. The number of carbonyl (C=O) groups is 1. The summed E-state index contributed by atoms with van der Waals surface area (Å²) in [6.45, 7) is 16.0. The average Bonchev–Trinajstić information content (AvgIpc) is 2.93. The Bertz CT molecular complexity index is 1520. The molecule has 0 saturated carbocycles. The molecule has 0 amide bonds. The van der Waals surface area contributed by atoms with Gasteiger partial charge in [0, 0.05) is 12.1 Å². The van der Waals surface area contributed by atoms with E-state index in [1.807, 2.05) is 60.7 Å². The van der Waals surface area contributed by atoms with Gasteiger partial charge in [-0.25, -0.2) is 13.2 Å². The summed E-state index contributed by atoms with van der Waals surface area (Å²) in [5.74, 6) is 0.0723. The smallest absolute Gasteiger partial charge is 0.337 e. The van der Waals surface area contributed by atoms with Crippen molar-refractivity contribution in [3.05, 3.63) is 95.1 Å². The van der Waals surface area contributed by atoms with E-state index in [4.69, 9.17) is 13.9 Å². The SMILES string of the molecule is COC(=O)c1cccc(CC(C)(C)NC[C@@H](O[Si](C)(C)C(C)(C)C)c2ccc(OCc3ccccc3)c(NS(C)(=O)=O)c2)c1. The molecule has 8 nitrogen and oxygen atoms in total. The molecule has 0 aromatic heterocycles. The van der Waals surface area contributed by atoms with Crippen molar-refractivity contribution >= 4 is 30.0 Å². The van der Waals surface area contributed by atoms with E-state index < -0.39 is 18.3 Å². The largest absolute Gasteiger partial charge is 0.487 e. The zero-order valence-corrected chi connectivity index (χ0v) is 29.3. The second-order valence-electron chi connectivity index (χ2n) is 13.4. The normalized spacial score (nSPS) is 13.3. The number of hydrogen-bond acceptors (Lipinski definition) is 7. The quantitative estimate of drug-likeness (QED) is 0.143. The van der Waals surface area contributed by atoms with E-state index in [2.05, 4.69) is 57.8 Å². The van der Waals surface area contributed by atoms with Crippen molar-refractivity contribution in [2.24, 2.45) is 0 Å². The summed E-state index contributed by atoms with van der Waals surface area (Å²) in [5.41, 5.74) is 3.35. The fraction of sp³-hybridized carbons (Fsp3) is 0.441. The maximum absolute atomic E-state index is 12.4. The van der Waals surface area contributed by atoms with Crippen LogP contribution >= 0.6 is 0 Å². The summed E-state index contributed by atoms with van der Waals surface area (Å²) in [6.07, 6.45) is 1.43. The third kappa shape index (κ3) is 10.5. The maximum Gasteiger partial charge on any atom is 0.337 e. The fourth-order valence-electron chi connectivity index (χ4n) is 4.52. The van der Waals surface area contributed by atoms with Crippen molar-refractivity contribution in [3.63, 3.8) is 0 Å². The number of esters is 1. The summed E-state index contributed by atoms with van der Waals surface area (Å²) in [5, 5.41) is 3.64. The van der Waals surface area contributed by atoms with Crippen molar-refractivity contribution < 1.29 is 27.1 Å². The molecular formula is C34H48N2O6SSi. The average molecular weight is 641 g/mol. The third-order valence-corrected chi connectivity index (χ3v) is 13.0. The van der Waals surface area contributed by atoms with Crippen LogP contribution in [0, 0.1) is 0 Å². The Labute approximate surface area is 264 Å². The van der Waals surface area contributed by atoms with Crippen LogP contribution in [0.2, 0.25) is 18.1 Å². The van der Waals surface area contributed by atoms with Crippen molar-refractivity contribution in [2.45, 2.75) is 77.4 Å². The van der Waals surface area contributed by atoms with Gasteiger partial charge >= 0.3 is 5.97 Å². The highest BCUT2D eigenvalue weighted by molar-refractivity contribution is 7.92. The van der Waals surface area contributed by atoms with Crippen molar-refractivity contribution in [2.75, 3.05) is 24.6 Å². The van der Waals surface area contributed by atoms with Gasteiger partial charge in [-0.05, 0) is 79.4 Å². The number of benzene rings is 3. The lowest BCUT2D eigenvalue weighted by atomic mass is 9.93. The lowest BCUT2D eigenvalue weighted by Crippen LogP contribution is -2.47. The van der Waals surface area contributed by atoms with E-state index >= 15 is 0 Å². The molecule has 0 aliphatic rings. The molecule has 0 saturated heterocycles. The van der Waals surface area contributed by atoms with Gasteiger partial charge in [0.2, 0.25) is 10.0 Å². The van der Waals surface area contributed by atoms with Gasteiger partial charge in [0.1, 0.15) is 12.4 Å². The van der Waals surface area contributed by atoms with E-state index in [9.17, 15) is 13.2 Å². The Morgan fingerprint density at radius 1 is 0.909 bits per heavy atom. The molecule has 3 rings (SSSR count). The van der Waals surface area contributed by atoms with Crippen LogP contribution in [-0.2, 0) is 32.2 Å². The molecule has 0 aliphatic heterocycles. The van der Waals surface area contributed by atoms with Crippen molar-refractivity contribution in [1.29, 1.82) is 0 Å². The van der Waals surface area contributed by atoms with E-state index in [-0.39, 0.29) is 22.7 Å². The minimum Gasteiger partial charge on any atom is -0.487 e. The molecule has 0 spiro atoms. The second-order valence-corrected chi connectivity index (χ2v) is 19.9. The predicted molar refractivity (Wildman–Crippen MR) is 180 cm³/mol. The highest BCUT2D eigenvalue weighted by atomic mass is 32.2. The summed E-state index contributed by atoms with van der Waals surface area (Å²) < 4.78 is 45.3. The van der Waals surface area contributed by atoms with Crippen LogP contribution in [0.3, 0.4) is 0 Å². The molecule has 10 heteroatoms. The van der Waals surface area contributed by atoms with E-state index in [0.29, 0.717) is 36.6 Å². The highest BCUT2D eigenvalue weighted by Gasteiger charge is 2.40. The topological polar surface area (TPSA) is 103 Å². The zero-order chi connectivity index (χ0) is 32.8. The first kappa shape index (κ1) is 35.3. The Hall–Kier alpha value is -3.18. The third-order valence-electron chi connectivity index (χ3n) is 7.91. The summed E-state index contributed by atoms with van der Waals surface area (Å²) in [4.78, 5) is 12.1. The monoisotopic (exact) mass is 640 g/mol. The van der Waals surface area contributed by atoms with Crippen molar-refractivity contribution in [1.82, 2.24) is 5.32 Å². The minimum atomic E-state index is -3.58. The molecular weight excluding hydrogens is 593 g/mol. The van der Waals surface area contributed by atoms with Crippen LogP contribution < -0.4 is 14.8 Å². The first-order chi connectivity index (χ1) is 20.4. The lowest BCUT2D eigenvalue weighted by Gasteiger charge is -2.40. The van der Waals surface area contributed by atoms with Crippen molar-refractivity contribution in [3.8, 4) is 5.75 Å². The number of nitrogens with one attached hydrogen (secondary N) is 2. The number of hydrogen-bond donors (Lipinski definition) is 2. The number of anilines is 1. The van der Waals surface area contributed by atoms with E-state index in [1.54, 1.807) is 12.1 Å². The Morgan fingerprint density at radius 3 is 2.18 bits per heavy atom. The molecule has 1 atom stereocenters. The molecule has 2 N–H and O–H groups in total. The Kier molecular flexibility index (Phi) is 11.5. The lowest BCUT2D eigenvalue weighted by molar-refractivity contribution is 0.0600. The van der Waals surface area contributed by atoms with Gasteiger partial charge in [-0.2, -0.15) is 0 Å². The molecule has 44 heavy (non-hydrogen) atoms. The summed E-state index contributed by atoms with van der Waals surface area (Å²) in [6, 6.07) is 22.7. The van der Waals surface area contributed by atoms with Gasteiger partial charge in [0.05, 0.1) is 30.7 Å². The molecule has 0 fully saturated rings. The molecule has 3 aromatic rings. The maximum atomic E-state index is 12.4. The Balaban J connectivity index is 1.92. The molecule has 0 unspecified atom stereocenters. The molecule has 3 aromatic carbocycles.